The lowest BCUT2D eigenvalue weighted by Gasteiger charge is -2.08. The van der Waals surface area contributed by atoms with Crippen LogP contribution in [0.4, 0.5) is 13.2 Å². The van der Waals surface area contributed by atoms with E-state index in [1.165, 1.54) is 15.5 Å². The molecule has 0 radical (unpaired) electrons. The Morgan fingerprint density at radius 2 is 1.69 bits per heavy atom. The van der Waals surface area contributed by atoms with Gasteiger partial charge in [0.25, 0.3) is 5.91 Å². The fraction of sp³-hybridized carbons (Fsp3) is 0.111. The average molecular weight is 444 g/mol. The van der Waals surface area contributed by atoms with Gasteiger partial charge in [0, 0.05) is 17.4 Å². The second-order valence-corrected chi connectivity index (χ2v) is 8.07. The molecule has 2 aromatic carbocycles. The fourth-order valence-corrected chi connectivity index (χ4v) is 3.66. The number of sulfonamides is 1. The predicted octanol–water partition coefficient (Wildman–Crippen LogP) is 3.81. The molecule has 1 heterocycles. The van der Waals surface area contributed by atoms with Gasteiger partial charge in [-0.1, -0.05) is 41.9 Å². The van der Waals surface area contributed by atoms with E-state index in [2.05, 4.69) is 4.98 Å². The highest BCUT2D eigenvalue weighted by Gasteiger charge is 2.36. The van der Waals surface area contributed by atoms with Crippen molar-refractivity contribution in [3.63, 3.8) is 0 Å². The minimum Gasteiger partial charge on any atom is -0.299 e. The third kappa shape index (κ3) is 5.15. The molecule has 0 unspecified atom stereocenters. The zero-order valence-corrected chi connectivity index (χ0v) is 16.1. The Morgan fingerprint density at radius 1 is 1.07 bits per heavy atom. The lowest BCUT2D eigenvalue weighted by molar-refractivity contribution is -0.106. The number of rotatable bonds is 5. The van der Waals surface area contributed by atoms with Gasteiger partial charge < -0.3 is 0 Å². The van der Waals surface area contributed by atoms with Crippen LogP contribution in [0.15, 0.2) is 60.8 Å². The Hall–Kier alpha value is -2.85. The topological polar surface area (TPSA) is 81.1 Å². The molecule has 0 saturated carbocycles. The Morgan fingerprint density at radius 3 is 2.31 bits per heavy atom. The van der Waals surface area contributed by atoms with Gasteiger partial charge in [-0.15, -0.1) is 0 Å². The summed E-state index contributed by atoms with van der Waals surface area (Å²) in [7, 11) is -4.93. The number of imidazole rings is 1. The van der Waals surface area contributed by atoms with Crippen LogP contribution in [0.5, 0.6) is 0 Å². The van der Waals surface area contributed by atoms with E-state index in [9.17, 15) is 26.4 Å². The molecule has 3 aromatic rings. The van der Waals surface area contributed by atoms with Crippen molar-refractivity contribution in [2.45, 2.75) is 6.18 Å². The van der Waals surface area contributed by atoms with Gasteiger partial charge in [-0.05, 0) is 24.3 Å². The molecule has 0 aliphatic carbocycles. The standard InChI is InChI=1S/C18H13ClF3N3O3S/c19-14-9-5-4-8-13(14)16-23-15(10-25(16)12-6-2-1-3-7-12)17(26)24-29(27,28)11-18(20,21)22/h1-10H,11H2,(H,24,26). The molecule has 3 rings (SSSR count). The highest BCUT2D eigenvalue weighted by Crippen LogP contribution is 2.29. The molecule has 0 aliphatic heterocycles. The predicted molar refractivity (Wildman–Crippen MR) is 101 cm³/mol. The van der Waals surface area contributed by atoms with Crippen LogP contribution in [0.25, 0.3) is 17.1 Å². The minimum atomic E-state index is -4.99. The van der Waals surface area contributed by atoms with Crippen LogP contribution >= 0.6 is 11.6 Å². The maximum Gasteiger partial charge on any atom is 0.404 e. The van der Waals surface area contributed by atoms with E-state index < -0.39 is 27.9 Å². The molecule has 1 N–H and O–H groups in total. The lowest BCUT2D eigenvalue weighted by Crippen LogP contribution is -2.37. The number of halogens is 4. The number of amides is 1. The van der Waals surface area contributed by atoms with Gasteiger partial charge in [-0.25, -0.2) is 18.1 Å². The van der Waals surface area contributed by atoms with Crippen molar-refractivity contribution < 1.29 is 26.4 Å². The molecule has 11 heteroatoms. The third-order valence-electron chi connectivity index (χ3n) is 3.69. The van der Waals surface area contributed by atoms with Crippen LogP contribution in [0.2, 0.25) is 5.02 Å². The number of nitrogens with zero attached hydrogens (tertiary/aromatic N) is 2. The van der Waals surface area contributed by atoms with Crippen molar-refractivity contribution in [1.29, 1.82) is 0 Å². The molecular weight excluding hydrogens is 431 g/mol. The molecule has 1 amide bonds. The van der Waals surface area contributed by atoms with E-state index in [4.69, 9.17) is 11.6 Å². The zero-order chi connectivity index (χ0) is 21.2. The largest absolute Gasteiger partial charge is 0.404 e. The van der Waals surface area contributed by atoms with Crippen molar-refractivity contribution >= 4 is 27.5 Å². The second kappa shape index (κ2) is 7.88. The van der Waals surface area contributed by atoms with E-state index >= 15 is 0 Å². The molecule has 0 fully saturated rings. The van der Waals surface area contributed by atoms with Crippen LogP contribution in [-0.2, 0) is 10.0 Å². The van der Waals surface area contributed by atoms with Gasteiger partial charge >= 0.3 is 6.18 Å². The normalized spacial score (nSPS) is 12.0. The molecular formula is C18H13ClF3N3O3S. The van der Waals surface area contributed by atoms with Crippen molar-refractivity contribution in [2.75, 3.05) is 5.75 Å². The fourth-order valence-electron chi connectivity index (χ4n) is 2.55. The highest BCUT2D eigenvalue weighted by molar-refractivity contribution is 7.90. The van der Waals surface area contributed by atoms with Gasteiger partial charge in [0.05, 0.1) is 5.02 Å². The summed E-state index contributed by atoms with van der Waals surface area (Å²) in [6, 6.07) is 15.3. The first-order chi connectivity index (χ1) is 13.6. The summed E-state index contributed by atoms with van der Waals surface area (Å²) in [5.41, 5.74) is 0.664. The number of alkyl halides is 3. The van der Waals surface area contributed by atoms with Crippen molar-refractivity contribution in [2.24, 2.45) is 0 Å². The van der Waals surface area contributed by atoms with Gasteiger partial charge in [-0.3, -0.25) is 9.36 Å². The summed E-state index contributed by atoms with van der Waals surface area (Å²) in [6.45, 7) is 0. The summed E-state index contributed by atoms with van der Waals surface area (Å²) in [5.74, 6) is -3.24. The highest BCUT2D eigenvalue weighted by atomic mass is 35.5. The van der Waals surface area contributed by atoms with E-state index in [0.29, 0.717) is 16.3 Å². The SMILES string of the molecule is O=C(NS(=O)(=O)CC(F)(F)F)c1cn(-c2ccccc2)c(-c2ccccc2Cl)n1. The summed E-state index contributed by atoms with van der Waals surface area (Å²) in [4.78, 5) is 16.4. The maximum absolute atomic E-state index is 12.4. The number of para-hydroxylation sites is 1. The van der Waals surface area contributed by atoms with Crippen LogP contribution in [0.1, 0.15) is 10.5 Å². The van der Waals surface area contributed by atoms with Crippen molar-refractivity contribution in [3.05, 3.63) is 71.5 Å². The number of aromatic nitrogens is 2. The molecule has 0 bridgehead atoms. The molecule has 0 aliphatic rings. The molecule has 6 nitrogen and oxygen atoms in total. The molecule has 29 heavy (non-hydrogen) atoms. The average Bonchev–Trinajstić information content (AvgIpc) is 3.05. The zero-order valence-electron chi connectivity index (χ0n) is 14.5. The Bertz CT molecular complexity index is 1150. The van der Waals surface area contributed by atoms with Crippen LogP contribution in [0.3, 0.4) is 0 Å². The molecule has 0 atom stereocenters. The maximum atomic E-state index is 12.4. The number of nitrogens with one attached hydrogen (secondary N) is 1. The summed E-state index contributed by atoms with van der Waals surface area (Å²) in [5, 5.41) is 0.326. The van der Waals surface area contributed by atoms with E-state index in [1.54, 1.807) is 54.6 Å². The molecule has 1 aromatic heterocycles. The van der Waals surface area contributed by atoms with Gasteiger partial charge in [-0.2, -0.15) is 13.2 Å². The summed E-state index contributed by atoms with van der Waals surface area (Å²) < 4.78 is 63.3. The number of carbonyl (C=O) groups excluding carboxylic acids is 1. The van der Waals surface area contributed by atoms with Crippen LogP contribution < -0.4 is 4.72 Å². The first kappa shape index (κ1) is 20.9. The smallest absolute Gasteiger partial charge is 0.299 e. The first-order valence-corrected chi connectivity index (χ1v) is 10.1. The van der Waals surface area contributed by atoms with Crippen LogP contribution in [-0.4, -0.2) is 35.8 Å². The Labute approximate surface area is 169 Å². The summed E-state index contributed by atoms with van der Waals surface area (Å²) in [6.07, 6.45) is -3.76. The third-order valence-corrected chi connectivity index (χ3v) is 5.22. The quantitative estimate of drug-likeness (QED) is 0.650. The molecule has 0 saturated heterocycles. The first-order valence-electron chi connectivity index (χ1n) is 8.07. The van der Waals surface area contributed by atoms with E-state index in [1.807, 2.05) is 0 Å². The van der Waals surface area contributed by atoms with Gasteiger partial charge in [0.15, 0.2) is 5.75 Å². The number of hydrogen-bond acceptors (Lipinski definition) is 4. The minimum absolute atomic E-state index is 0.222. The van der Waals surface area contributed by atoms with Crippen molar-refractivity contribution in [1.82, 2.24) is 14.3 Å². The monoisotopic (exact) mass is 443 g/mol. The molecule has 152 valence electrons. The van der Waals surface area contributed by atoms with Crippen molar-refractivity contribution in [3.8, 4) is 17.1 Å². The van der Waals surface area contributed by atoms with Crippen LogP contribution in [0, 0.1) is 0 Å². The summed E-state index contributed by atoms with van der Waals surface area (Å²) >= 11 is 6.21. The second-order valence-electron chi connectivity index (χ2n) is 5.94. The Balaban J connectivity index is 2.03. The van der Waals surface area contributed by atoms with Gasteiger partial charge in [0.2, 0.25) is 10.0 Å². The number of carbonyl (C=O) groups is 1. The number of hydrogen-bond donors (Lipinski definition) is 1. The van der Waals surface area contributed by atoms with E-state index in [-0.39, 0.29) is 11.5 Å². The van der Waals surface area contributed by atoms with E-state index in [0.717, 1.165) is 0 Å². The number of benzene rings is 2. The Kier molecular flexibility index (Phi) is 5.67. The van der Waals surface area contributed by atoms with Gasteiger partial charge in [0.1, 0.15) is 11.5 Å². The lowest BCUT2D eigenvalue weighted by atomic mass is 10.2. The molecule has 0 spiro atoms.